The molecule has 0 saturated heterocycles. The Bertz CT molecular complexity index is 172. The molecule has 1 aliphatic rings. The van der Waals surface area contributed by atoms with Gasteiger partial charge in [-0.05, 0) is 6.42 Å². The summed E-state index contributed by atoms with van der Waals surface area (Å²) in [4.78, 5) is 10.1. The third kappa shape index (κ3) is 2.32. The molecular formula is C6H9F2NO2. The van der Waals surface area contributed by atoms with Crippen LogP contribution in [0.1, 0.15) is 19.3 Å². The van der Waals surface area contributed by atoms with Crippen molar-refractivity contribution in [1.29, 1.82) is 0 Å². The summed E-state index contributed by atoms with van der Waals surface area (Å²) in [6, 6.07) is 0. The van der Waals surface area contributed by atoms with Gasteiger partial charge in [-0.1, -0.05) is 0 Å². The Hall–Kier alpha value is -0.870. The van der Waals surface area contributed by atoms with Crippen molar-refractivity contribution in [2.75, 3.05) is 0 Å². The molecule has 0 aromatic carbocycles. The van der Waals surface area contributed by atoms with Gasteiger partial charge in [0.2, 0.25) is 0 Å². The van der Waals surface area contributed by atoms with E-state index in [1.807, 2.05) is 0 Å². The van der Waals surface area contributed by atoms with Crippen LogP contribution >= 0.6 is 0 Å². The van der Waals surface area contributed by atoms with E-state index >= 15 is 0 Å². The van der Waals surface area contributed by atoms with Crippen molar-refractivity contribution >= 4 is 6.09 Å². The standard InChI is InChI=1S/C6H9F2NO2/c7-6(8)2-1-4(3-6)11-5(9)10/h4H,1-3H2,(H2,9,10). The fourth-order valence-electron chi connectivity index (χ4n) is 1.17. The average Bonchev–Trinajstić information content (AvgIpc) is 2.08. The maximum absolute atomic E-state index is 12.4. The molecule has 1 aliphatic carbocycles. The first-order valence-electron chi connectivity index (χ1n) is 3.33. The molecule has 0 spiro atoms. The molecule has 0 bridgehead atoms. The molecule has 0 aromatic heterocycles. The van der Waals surface area contributed by atoms with Crippen LogP contribution in [0.25, 0.3) is 0 Å². The van der Waals surface area contributed by atoms with Crippen LogP contribution in [0.4, 0.5) is 13.6 Å². The van der Waals surface area contributed by atoms with Gasteiger partial charge in [0.1, 0.15) is 6.10 Å². The highest BCUT2D eigenvalue weighted by atomic mass is 19.3. The summed E-state index contributed by atoms with van der Waals surface area (Å²) < 4.78 is 29.2. The number of rotatable bonds is 1. The Morgan fingerprint density at radius 1 is 1.64 bits per heavy atom. The van der Waals surface area contributed by atoms with E-state index in [1.165, 1.54) is 0 Å². The van der Waals surface area contributed by atoms with E-state index in [0.29, 0.717) is 0 Å². The Morgan fingerprint density at radius 2 is 2.27 bits per heavy atom. The third-order valence-electron chi connectivity index (χ3n) is 1.64. The zero-order valence-corrected chi connectivity index (χ0v) is 5.85. The second-order valence-electron chi connectivity index (χ2n) is 2.66. The number of carbonyl (C=O) groups excluding carboxylic acids is 1. The molecule has 0 heterocycles. The van der Waals surface area contributed by atoms with Gasteiger partial charge in [-0.2, -0.15) is 0 Å². The lowest BCUT2D eigenvalue weighted by Gasteiger charge is -2.09. The zero-order chi connectivity index (χ0) is 8.48. The van der Waals surface area contributed by atoms with Crippen LogP contribution < -0.4 is 5.73 Å². The highest BCUT2D eigenvalue weighted by molar-refractivity contribution is 5.64. The molecule has 11 heavy (non-hydrogen) atoms. The van der Waals surface area contributed by atoms with Crippen LogP contribution in [0.2, 0.25) is 0 Å². The molecule has 0 radical (unpaired) electrons. The smallest absolute Gasteiger partial charge is 0.404 e. The summed E-state index contributed by atoms with van der Waals surface area (Å²) in [7, 11) is 0. The van der Waals surface area contributed by atoms with Crippen molar-refractivity contribution < 1.29 is 18.3 Å². The van der Waals surface area contributed by atoms with Gasteiger partial charge in [0.05, 0.1) is 0 Å². The first-order valence-corrected chi connectivity index (χ1v) is 3.33. The van der Waals surface area contributed by atoms with Crippen LogP contribution in [0.5, 0.6) is 0 Å². The predicted octanol–water partition coefficient (Wildman–Crippen LogP) is 1.27. The van der Waals surface area contributed by atoms with Crippen molar-refractivity contribution in [2.45, 2.75) is 31.3 Å². The van der Waals surface area contributed by atoms with Crippen LogP contribution in [-0.2, 0) is 4.74 Å². The third-order valence-corrected chi connectivity index (χ3v) is 1.64. The van der Waals surface area contributed by atoms with E-state index in [4.69, 9.17) is 0 Å². The summed E-state index contributed by atoms with van der Waals surface area (Å²) in [5.41, 5.74) is 4.65. The zero-order valence-electron chi connectivity index (χ0n) is 5.85. The van der Waals surface area contributed by atoms with E-state index < -0.39 is 24.5 Å². The lowest BCUT2D eigenvalue weighted by atomic mass is 10.3. The van der Waals surface area contributed by atoms with Crippen LogP contribution in [0, 0.1) is 0 Å². The van der Waals surface area contributed by atoms with Crippen molar-refractivity contribution in [2.24, 2.45) is 5.73 Å². The molecule has 1 saturated carbocycles. The van der Waals surface area contributed by atoms with Crippen molar-refractivity contribution in [1.82, 2.24) is 0 Å². The molecule has 64 valence electrons. The molecule has 1 fully saturated rings. The average molecular weight is 165 g/mol. The van der Waals surface area contributed by atoms with Crippen molar-refractivity contribution in [3.05, 3.63) is 0 Å². The largest absolute Gasteiger partial charge is 0.446 e. The van der Waals surface area contributed by atoms with E-state index in [1.54, 1.807) is 0 Å². The minimum Gasteiger partial charge on any atom is -0.446 e. The van der Waals surface area contributed by atoms with Gasteiger partial charge in [0.25, 0.3) is 5.92 Å². The number of ether oxygens (including phenoxy) is 1. The molecule has 1 atom stereocenters. The molecule has 3 nitrogen and oxygen atoms in total. The molecule has 1 rings (SSSR count). The summed E-state index contributed by atoms with van der Waals surface area (Å²) in [6.45, 7) is 0. The number of nitrogens with two attached hydrogens (primary N) is 1. The normalized spacial score (nSPS) is 28.4. The van der Waals surface area contributed by atoms with E-state index in [9.17, 15) is 13.6 Å². The van der Waals surface area contributed by atoms with Crippen LogP contribution in [-0.4, -0.2) is 18.1 Å². The Kier molecular flexibility index (Phi) is 1.97. The van der Waals surface area contributed by atoms with Crippen LogP contribution in [0.3, 0.4) is 0 Å². The van der Waals surface area contributed by atoms with Crippen molar-refractivity contribution in [3.63, 3.8) is 0 Å². The Morgan fingerprint density at radius 3 is 2.64 bits per heavy atom. The summed E-state index contributed by atoms with van der Waals surface area (Å²) in [5.74, 6) is -2.68. The topological polar surface area (TPSA) is 52.3 Å². The highest BCUT2D eigenvalue weighted by Crippen LogP contribution is 2.36. The number of hydrogen-bond donors (Lipinski definition) is 1. The Balaban J connectivity index is 2.36. The van der Waals surface area contributed by atoms with E-state index in [0.717, 1.165) is 0 Å². The summed E-state index contributed by atoms with van der Waals surface area (Å²) in [5, 5.41) is 0. The fraction of sp³-hybridized carbons (Fsp3) is 0.833. The first kappa shape index (κ1) is 8.23. The van der Waals surface area contributed by atoms with Gasteiger partial charge in [0.15, 0.2) is 0 Å². The molecule has 1 amide bonds. The minimum atomic E-state index is -2.68. The summed E-state index contributed by atoms with van der Waals surface area (Å²) >= 11 is 0. The molecular weight excluding hydrogens is 156 g/mol. The highest BCUT2D eigenvalue weighted by Gasteiger charge is 2.41. The fourth-order valence-corrected chi connectivity index (χ4v) is 1.17. The maximum Gasteiger partial charge on any atom is 0.404 e. The van der Waals surface area contributed by atoms with E-state index in [2.05, 4.69) is 10.5 Å². The second kappa shape index (κ2) is 2.64. The molecule has 5 heteroatoms. The quantitative estimate of drug-likeness (QED) is 0.636. The van der Waals surface area contributed by atoms with Gasteiger partial charge in [-0.25, -0.2) is 13.6 Å². The summed E-state index contributed by atoms with van der Waals surface area (Å²) in [6.07, 6.45) is -2.08. The van der Waals surface area contributed by atoms with Crippen LogP contribution in [0.15, 0.2) is 0 Å². The first-order chi connectivity index (χ1) is 4.99. The van der Waals surface area contributed by atoms with Gasteiger partial charge >= 0.3 is 6.09 Å². The molecule has 0 aromatic rings. The number of hydrogen-bond acceptors (Lipinski definition) is 2. The van der Waals surface area contributed by atoms with Crippen molar-refractivity contribution in [3.8, 4) is 0 Å². The molecule has 2 N–H and O–H groups in total. The van der Waals surface area contributed by atoms with Gasteiger partial charge in [0, 0.05) is 12.8 Å². The number of halogens is 2. The lowest BCUT2D eigenvalue weighted by molar-refractivity contribution is -0.00533. The lowest BCUT2D eigenvalue weighted by Crippen LogP contribution is -2.22. The SMILES string of the molecule is NC(=O)OC1CCC(F)(F)C1. The number of primary amides is 1. The van der Waals surface area contributed by atoms with Gasteiger partial charge < -0.3 is 10.5 Å². The number of carbonyl (C=O) groups is 1. The number of amides is 1. The molecule has 1 unspecified atom stereocenters. The molecule has 0 aliphatic heterocycles. The predicted molar refractivity (Wildman–Crippen MR) is 33.3 cm³/mol. The number of alkyl halides is 2. The maximum atomic E-state index is 12.4. The van der Waals surface area contributed by atoms with Gasteiger partial charge in [-0.3, -0.25) is 0 Å². The Labute approximate surface area is 62.5 Å². The monoisotopic (exact) mass is 165 g/mol. The van der Waals surface area contributed by atoms with Gasteiger partial charge in [-0.15, -0.1) is 0 Å². The minimum absolute atomic E-state index is 0.204. The van der Waals surface area contributed by atoms with E-state index in [-0.39, 0.29) is 12.8 Å². The second-order valence-corrected chi connectivity index (χ2v) is 2.66.